The molecule has 2 bridgehead atoms. The molecule has 2 heterocycles. The topological polar surface area (TPSA) is 103 Å². The molecule has 27 heavy (non-hydrogen) atoms. The summed E-state index contributed by atoms with van der Waals surface area (Å²) in [6, 6.07) is -1.43. The van der Waals surface area contributed by atoms with Crippen molar-refractivity contribution in [3.63, 3.8) is 0 Å². The van der Waals surface area contributed by atoms with Gasteiger partial charge in [-0.1, -0.05) is 18.2 Å². The van der Waals surface area contributed by atoms with Crippen LogP contribution < -0.4 is 10.6 Å². The second-order valence-electron chi connectivity index (χ2n) is 7.49. The highest BCUT2D eigenvalue weighted by Crippen LogP contribution is 2.35. The van der Waals surface area contributed by atoms with E-state index in [0.29, 0.717) is 0 Å². The molecule has 2 rings (SSSR count). The van der Waals surface area contributed by atoms with Crippen molar-refractivity contribution >= 4 is 18.0 Å². The fourth-order valence-electron chi connectivity index (χ4n) is 3.11. The van der Waals surface area contributed by atoms with Crippen molar-refractivity contribution in [1.29, 1.82) is 0 Å². The van der Waals surface area contributed by atoms with E-state index in [9.17, 15) is 14.4 Å². The lowest BCUT2D eigenvalue weighted by molar-refractivity contribution is -0.149. The third kappa shape index (κ3) is 5.32. The molecule has 5 atom stereocenters. The Morgan fingerprint density at radius 1 is 1.26 bits per heavy atom. The normalized spacial score (nSPS) is 27.0. The Labute approximate surface area is 159 Å². The maximum atomic E-state index is 12.7. The van der Waals surface area contributed by atoms with Crippen LogP contribution in [0, 0.1) is 5.92 Å². The predicted molar refractivity (Wildman–Crippen MR) is 97.8 cm³/mol. The monoisotopic (exact) mass is 380 g/mol. The highest BCUT2D eigenvalue weighted by Gasteiger charge is 2.51. The molecule has 0 aromatic rings. The Hall–Kier alpha value is -2.35. The SMILES string of the molecule is C=CC[C@@H](NC(=O)OC(C)(C)C)C(=O)N[C@H]1[C@H](C(=O)OCC)[C@H]2C=C[C@@H]1O2. The van der Waals surface area contributed by atoms with Crippen molar-refractivity contribution in [3.8, 4) is 0 Å². The number of amides is 2. The van der Waals surface area contributed by atoms with Crippen LogP contribution in [0.25, 0.3) is 0 Å². The molecule has 0 aromatic carbocycles. The maximum absolute atomic E-state index is 12.7. The van der Waals surface area contributed by atoms with E-state index in [0.717, 1.165) is 0 Å². The number of hydrogen-bond donors (Lipinski definition) is 2. The second kappa shape index (κ2) is 8.56. The number of carbonyl (C=O) groups excluding carboxylic acids is 3. The molecule has 2 aliphatic rings. The molecule has 2 N–H and O–H groups in total. The summed E-state index contributed by atoms with van der Waals surface area (Å²) in [5, 5.41) is 5.36. The molecule has 0 unspecified atom stereocenters. The van der Waals surface area contributed by atoms with Gasteiger partial charge in [0.2, 0.25) is 5.91 Å². The van der Waals surface area contributed by atoms with Gasteiger partial charge in [-0.05, 0) is 34.1 Å². The summed E-state index contributed by atoms with van der Waals surface area (Å²) >= 11 is 0. The lowest BCUT2D eigenvalue weighted by Crippen LogP contribution is -2.55. The molecular formula is C19H28N2O6. The van der Waals surface area contributed by atoms with Gasteiger partial charge in [-0.25, -0.2) is 4.79 Å². The minimum Gasteiger partial charge on any atom is -0.466 e. The van der Waals surface area contributed by atoms with Crippen molar-refractivity contribution in [2.45, 2.75) is 64.0 Å². The largest absolute Gasteiger partial charge is 0.466 e. The Balaban J connectivity index is 2.05. The molecule has 2 aliphatic heterocycles. The van der Waals surface area contributed by atoms with Crippen LogP contribution in [0.15, 0.2) is 24.8 Å². The van der Waals surface area contributed by atoms with Crippen molar-refractivity contribution in [3.05, 3.63) is 24.8 Å². The molecule has 150 valence electrons. The first-order valence-electron chi connectivity index (χ1n) is 9.07. The second-order valence-corrected chi connectivity index (χ2v) is 7.49. The van der Waals surface area contributed by atoms with Crippen molar-refractivity contribution in [2.75, 3.05) is 6.61 Å². The van der Waals surface area contributed by atoms with Gasteiger partial charge >= 0.3 is 12.1 Å². The third-order valence-electron chi connectivity index (χ3n) is 4.18. The average Bonchev–Trinajstić information content (AvgIpc) is 3.14. The third-order valence-corrected chi connectivity index (χ3v) is 4.18. The van der Waals surface area contributed by atoms with Gasteiger partial charge in [-0.15, -0.1) is 6.58 Å². The molecule has 0 aliphatic carbocycles. The first-order chi connectivity index (χ1) is 12.7. The van der Waals surface area contributed by atoms with E-state index in [1.165, 1.54) is 6.08 Å². The molecule has 2 amide bonds. The number of carbonyl (C=O) groups is 3. The van der Waals surface area contributed by atoms with Gasteiger partial charge in [0.1, 0.15) is 17.6 Å². The smallest absolute Gasteiger partial charge is 0.408 e. The van der Waals surface area contributed by atoms with Crippen molar-refractivity contribution in [2.24, 2.45) is 5.92 Å². The van der Waals surface area contributed by atoms with Crippen LogP contribution in [0.5, 0.6) is 0 Å². The van der Waals surface area contributed by atoms with E-state index >= 15 is 0 Å². The number of fused-ring (bicyclic) bond motifs is 2. The lowest BCUT2D eigenvalue weighted by Gasteiger charge is -2.27. The fraction of sp³-hybridized carbons (Fsp3) is 0.632. The summed E-state index contributed by atoms with van der Waals surface area (Å²) in [5.74, 6) is -1.47. The molecular weight excluding hydrogens is 352 g/mol. The van der Waals surface area contributed by atoms with Crippen molar-refractivity contribution < 1.29 is 28.6 Å². The van der Waals surface area contributed by atoms with Crippen LogP contribution in [0.3, 0.4) is 0 Å². The quantitative estimate of drug-likeness (QED) is 0.512. The van der Waals surface area contributed by atoms with Crippen LogP contribution in [0.1, 0.15) is 34.1 Å². The number of rotatable bonds is 7. The molecule has 0 spiro atoms. The van der Waals surface area contributed by atoms with Gasteiger partial charge in [0.25, 0.3) is 0 Å². The zero-order valence-corrected chi connectivity index (χ0v) is 16.2. The van der Waals surface area contributed by atoms with E-state index in [1.54, 1.807) is 33.8 Å². The predicted octanol–water partition coefficient (Wildman–Crippen LogP) is 1.46. The summed E-state index contributed by atoms with van der Waals surface area (Å²) in [6.45, 7) is 10.8. The number of hydrogen-bond acceptors (Lipinski definition) is 6. The minimum absolute atomic E-state index is 0.215. The summed E-state index contributed by atoms with van der Waals surface area (Å²) < 4.78 is 16.0. The van der Waals surface area contributed by atoms with Crippen LogP contribution in [-0.4, -0.2) is 54.5 Å². The highest BCUT2D eigenvalue weighted by molar-refractivity contribution is 5.87. The van der Waals surface area contributed by atoms with Gasteiger partial charge in [0.05, 0.1) is 24.9 Å². The minimum atomic E-state index is -0.872. The van der Waals surface area contributed by atoms with Gasteiger partial charge in [0, 0.05) is 0 Å². The molecule has 0 radical (unpaired) electrons. The Morgan fingerprint density at radius 2 is 1.93 bits per heavy atom. The summed E-state index contributed by atoms with van der Waals surface area (Å²) in [6.07, 6.45) is 3.84. The van der Waals surface area contributed by atoms with Gasteiger partial charge in [-0.3, -0.25) is 9.59 Å². The first-order valence-corrected chi connectivity index (χ1v) is 9.07. The zero-order valence-electron chi connectivity index (χ0n) is 16.2. The van der Waals surface area contributed by atoms with Crippen LogP contribution in [0.2, 0.25) is 0 Å². The van der Waals surface area contributed by atoms with E-state index in [-0.39, 0.29) is 13.0 Å². The van der Waals surface area contributed by atoms with E-state index < -0.39 is 53.8 Å². The maximum Gasteiger partial charge on any atom is 0.408 e. The van der Waals surface area contributed by atoms with E-state index in [4.69, 9.17) is 14.2 Å². The molecule has 1 fully saturated rings. The van der Waals surface area contributed by atoms with E-state index in [2.05, 4.69) is 17.2 Å². The van der Waals surface area contributed by atoms with E-state index in [1.807, 2.05) is 6.08 Å². The molecule has 8 heteroatoms. The standard InChI is InChI=1S/C19H28N2O6/c1-6-8-11(20-18(24)27-19(3,4)5)16(22)21-15-13-10-9-12(26-13)14(15)17(23)25-7-2/h6,9-15H,1,7-8H2,2-5H3,(H,20,24)(H,21,22)/t11-,12-,13+,14-,15-/m1/s1. The van der Waals surface area contributed by atoms with Gasteiger partial charge < -0.3 is 24.8 Å². The molecule has 1 saturated heterocycles. The summed E-state index contributed by atoms with van der Waals surface area (Å²) in [5.41, 5.74) is -0.683. The van der Waals surface area contributed by atoms with Crippen LogP contribution >= 0.6 is 0 Å². The molecule has 8 nitrogen and oxygen atoms in total. The Morgan fingerprint density at radius 3 is 2.52 bits per heavy atom. The number of alkyl carbamates (subject to hydrolysis) is 1. The zero-order chi connectivity index (χ0) is 20.2. The van der Waals surface area contributed by atoms with Crippen LogP contribution in [0.4, 0.5) is 4.79 Å². The van der Waals surface area contributed by atoms with Crippen molar-refractivity contribution in [1.82, 2.24) is 10.6 Å². The first kappa shape index (κ1) is 21.0. The Kier molecular flexibility index (Phi) is 6.64. The van der Waals surface area contributed by atoms with Gasteiger partial charge in [0.15, 0.2) is 0 Å². The fourth-order valence-corrected chi connectivity index (χ4v) is 3.11. The summed E-state index contributed by atoms with van der Waals surface area (Å²) in [7, 11) is 0. The van der Waals surface area contributed by atoms with Gasteiger partial charge in [-0.2, -0.15) is 0 Å². The number of esters is 1. The van der Waals surface area contributed by atoms with Crippen LogP contribution in [-0.2, 0) is 23.8 Å². The average molecular weight is 380 g/mol. The summed E-state index contributed by atoms with van der Waals surface area (Å²) in [4.78, 5) is 37.0. The molecule has 0 saturated carbocycles. The number of nitrogens with one attached hydrogen (secondary N) is 2. The lowest BCUT2D eigenvalue weighted by atomic mass is 9.88. The number of ether oxygens (including phenoxy) is 3. The Bertz CT molecular complexity index is 624. The molecule has 0 aromatic heterocycles. The highest BCUT2D eigenvalue weighted by atomic mass is 16.6.